The summed E-state index contributed by atoms with van der Waals surface area (Å²) >= 11 is 1.51. The quantitative estimate of drug-likeness (QED) is 0.778. The summed E-state index contributed by atoms with van der Waals surface area (Å²) in [6.45, 7) is 2.11. The van der Waals surface area contributed by atoms with Gasteiger partial charge in [0.2, 0.25) is 5.91 Å². The number of amides is 1. The molecule has 0 bridgehead atoms. The number of esters is 1. The number of carbonyl (C=O) groups excluding carboxylic acids is 2. The zero-order chi connectivity index (χ0) is 18.5. The molecule has 1 aliphatic rings. The summed E-state index contributed by atoms with van der Waals surface area (Å²) in [5.41, 5.74) is 2.50. The molecule has 6 heteroatoms. The minimum Gasteiger partial charge on any atom is -0.497 e. The van der Waals surface area contributed by atoms with Crippen LogP contribution in [0.3, 0.4) is 0 Å². The van der Waals surface area contributed by atoms with Crippen molar-refractivity contribution >= 4 is 28.2 Å². The molecule has 1 amide bonds. The Labute approximate surface area is 157 Å². The second-order valence-corrected chi connectivity index (χ2v) is 7.31. The Morgan fingerprint density at radius 2 is 1.88 bits per heavy atom. The van der Waals surface area contributed by atoms with E-state index < -0.39 is 0 Å². The Balaban J connectivity index is 1.78. The van der Waals surface area contributed by atoms with Crippen LogP contribution in [0, 0.1) is 0 Å². The Bertz CT molecular complexity index is 795. The fourth-order valence-electron chi connectivity index (χ4n) is 3.17. The highest BCUT2D eigenvalue weighted by atomic mass is 32.1. The van der Waals surface area contributed by atoms with Crippen LogP contribution in [0.15, 0.2) is 24.3 Å². The number of fused-ring (bicyclic) bond motifs is 1. The Morgan fingerprint density at radius 3 is 2.58 bits per heavy atom. The summed E-state index contributed by atoms with van der Waals surface area (Å²) in [6, 6.07) is 7.39. The maximum atomic E-state index is 12.5. The second-order valence-electron chi connectivity index (χ2n) is 6.21. The van der Waals surface area contributed by atoms with Crippen molar-refractivity contribution in [2.75, 3.05) is 19.0 Å². The van der Waals surface area contributed by atoms with Gasteiger partial charge in [-0.25, -0.2) is 4.79 Å². The average Bonchev–Trinajstić information content (AvgIpc) is 3.00. The van der Waals surface area contributed by atoms with Crippen LogP contribution < -0.4 is 10.1 Å². The monoisotopic (exact) mass is 373 g/mol. The number of anilines is 1. The van der Waals surface area contributed by atoms with E-state index in [2.05, 4.69) is 5.32 Å². The number of carbonyl (C=O) groups is 2. The van der Waals surface area contributed by atoms with Gasteiger partial charge < -0.3 is 14.8 Å². The van der Waals surface area contributed by atoms with Gasteiger partial charge in [0.15, 0.2) is 0 Å². The zero-order valence-corrected chi connectivity index (χ0v) is 15.9. The van der Waals surface area contributed by atoms with Crippen LogP contribution in [-0.4, -0.2) is 25.6 Å². The summed E-state index contributed by atoms with van der Waals surface area (Å²) in [5, 5.41) is 3.55. The van der Waals surface area contributed by atoms with Crippen LogP contribution in [0.2, 0.25) is 0 Å². The third kappa shape index (κ3) is 4.07. The molecule has 1 aromatic carbocycles. The van der Waals surface area contributed by atoms with Gasteiger partial charge in [0.25, 0.3) is 0 Å². The van der Waals surface area contributed by atoms with E-state index in [1.165, 1.54) is 16.2 Å². The molecule has 3 rings (SSSR count). The molecule has 1 aromatic heterocycles. The minimum absolute atomic E-state index is 0.140. The smallest absolute Gasteiger partial charge is 0.341 e. The number of benzene rings is 1. The fourth-order valence-corrected chi connectivity index (χ4v) is 4.47. The summed E-state index contributed by atoms with van der Waals surface area (Å²) in [4.78, 5) is 26.1. The van der Waals surface area contributed by atoms with E-state index in [0.717, 1.165) is 42.6 Å². The number of aryl methyl sites for hydroxylation is 1. The molecule has 0 unspecified atom stereocenters. The van der Waals surface area contributed by atoms with E-state index in [0.29, 0.717) is 17.2 Å². The molecule has 0 saturated heterocycles. The lowest BCUT2D eigenvalue weighted by molar-refractivity contribution is -0.115. The molecule has 1 heterocycles. The first-order valence-corrected chi connectivity index (χ1v) is 9.68. The van der Waals surface area contributed by atoms with Crippen molar-refractivity contribution in [3.05, 3.63) is 45.8 Å². The first-order chi connectivity index (χ1) is 12.6. The van der Waals surface area contributed by atoms with E-state index in [9.17, 15) is 9.59 Å². The lowest BCUT2D eigenvalue weighted by atomic mass is 9.95. The molecule has 0 aliphatic heterocycles. The van der Waals surface area contributed by atoms with Crippen LogP contribution in [-0.2, 0) is 28.8 Å². The Kier molecular flexibility index (Phi) is 5.93. The maximum Gasteiger partial charge on any atom is 0.341 e. The number of hydrogen-bond acceptors (Lipinski definition) is 5. The molecule has 138 valence electrons. The first-order valence-electron chi connectivity index (χ1n) is 8.86. The maximum absolute atomic E-state index is 12.5. The third-order valence-corrected chi connectivity index (χ3v) is 5.63. The van der Waals surface area contributed by atoms with Crippen molar-refractivity contribution in [3.63, 3.8) is 0 Å². The van der Waals surface area contributed by atoms with E-state index in [1.807, 2.05) is 24.3 Å². The fraction of sp³-hybridized carbons (Fsp3) is 0.400. The molecule has 26 heavy (non-hydrogen) atoms. The normalized spacial score (nSPS) is 13.0. The van der Waals surface area contributed by atoms with Crippen LogP contribution in [0.1, 0.15) is 46.1 Å². The SMILES string of the molecule is CCOC(=O)c1c(NC(=O)Cc2ccc(OC)cc2)sc2c1CCCC2. The van der Waals surface area contributed by atoms with Gasteiger partial charge in [0.05, 0.1) is 25.7 Å². The predicted octanol–water partition coefficient (Wildman–Crippen LogP) is 3.99. The van der Waals surface area contributed by atoms with Crippen LogP contribution in [0.4, 0.5) is 5.00 Å². The highest BCUT2D eigenvalue weighted by Crippen LogP contribution is 2.38. The lowest BCUT2D eigenvalue weighted by Gasteiger charge is -2.12. The largest absolute Gasteiger partial charge is 0.497 e. The van der Waals surface area contributed by atoms with Gasteiger partial charge in [-0.3, -0.25) is 4.79 Å². The minimum atomic E-state index is -0.341. The summed E-state index contributed by atoms with van der Waals surface area (Å²) < 4.78 is 10.4. The van der Waals surface area contributed by atoms with Crippen molar-refractivity contribution < 1.29 is 19.1 Å². The third-order valence-electron chi connectivity index (χ3n) is 4.43. The van der Waals surface area contributed by atoms with Gasteiger partial charge in [-0.05, 0) is 55.9 Å². The molecular weight excluding hydrogens is 350 g/mol. The Morgan fingerprint density at radius 1 is 1.15 bits per heavy atom. The first kappa shape index (κ1) is 18.5. The number of methoxy groups -OCH3 is 1. The highest BCUT2D eigenvalue weighted by Gasteiger charge is 2.27. The molecular formula is C20H23NO4S. The molecule has 1 N–H and O–H groups in total. The van der Waals surface area contributed by atoms with Gasteiger partial charge in [0, 0.05) is 4.88 Å². The van der Waals surface area contributed by atoms with E-state index >= 15 is 0 Å². The molecule has 0 radical (unpaired) electrons. The van der Waals surface area contributed by atoms with E-state index in [-0.39, 0.29) is 18.3 Å². The average molecular weight is 373 g/mol. The summed E-state index contributed by atoms with van der Waals surface area (Å²) in [5.74, 6) is 0.274. The second kappa shape index (κ2) is 8.36. The van der Waals surface area contributed by atoms with Crippen molar-refractivity contribution in [1.29, 1.82) is 0 Å². The van der Waals surface area contributed by atoms with Crippen LogP contribution in [0.25, 0.3) is 0 Å². The molecule has 0 spiro atoms. The molecule has 2 aromatic rings. The van der Waals surface area contributed by atoms with Crippen LogP contribution in [0.5, 0.6) is 5.75 Å². The standard InChI is InChI=1S/C20H23NO4S/c1-3-25-20(23)18-15-6-4-5-7-16(15)26-19(18)21-17(22)12-13-8-10-14(24-2)11-9-13/h8-11H,3-7,12H2,1-2H3,(H,21,22). The van der Waals surface area contributed by atoms with E-state index in [4.69, 9.17) is 9.47 Å². The van der Waals surface area contributed by atoms with Crippen molar-refractivity contribution in [3.8, 4) is 5.75 Å². The van der Waals surface area contributed by atoms with Gasteiger partial charge in [0.1, 0.15) is 10.8 Å². The molecule has 0 atom stereocenters. The molecule has 5 nitrogen and oxygen atoms in total. The molecule has 0 fully saturated rings. The van der Waals surface area contributed by atoms with E-state index in [1.54, 1.807) is 14.0 Å². The predicted molar refractivity (Wildman–Crippen MR) is 102 cm³/mol. The zero-order valence-electron chi connectivity index (χ0n) is 15.1. The van der Waals surface area contributed by atoms with Gasteiger partial charge >= 0.3 is 5.97 Å². The van der Waals surface area contributed by atoms with Gasteiger partial charge in [-0.2, -0.15) is 0 Å². The number of rotatable bonds is 6. The summed E-state index contributed by atoms with van der Waals surface area (Å²) in [7, 11) is 1.61. The number of hydrogen-bond donors (Lipinski definition) is 1. The van der Waals surface area contributed by atoms with Crippen molar-refractivity contribution in [1.82, 2.24) is 0 Å². The number of thiophene rings is 1. The number of nitrogens with one attached hydrogen (secondary N) is 1. The van der Waals surface area contributed by atoms with Gasteiger partial charge in [-0.1, -0.05) is 12.1 Å². The van der Waals surface area contributed by atoms with Crippen LogP contribution >= 0.6 is 11.3 Å². The highest BCUT2D eigenvalue weighted by molar-refractivity contribution is 7.17. The lowest BCUT2D eigenvalue weighted by Crippen LogP contribution is -2.17. The molecule has 1 aliphatic carbocycles. The molecule has 0 saturated carbocycles. The topological polar surface area (TPSA) is 64.6 Å². The van der Waals surface area contributed by atoms with Gasteiger partial charge in [-0.15, -0.1) is 11.3 Å². The summed E-state index contributed by atoms with van der Waals surface area (Å²) in [6.07, 6.45) is 4.26. The van der Waals surface area contributed by atoms with Crippen molar-refractivity contribution in [2.45, 2.75) is 39.0 Å². The Hall–Kier alpha value is -2.34. The number of ether oxygens (including phenoxy) is 2. The van der Waals surface area contributed by atoms with Crippen molar-refractivity contribution in [2.24, 2.45) is 0 Å².